The molecule has 1 rings (SSSR count). The van der Waals surface area contributed by atoms with Crippen molar-refractivity contribution in [2.24, 2.45) is 0 Å². The van der Waals surface area contributed by atoms with E-state index in [-0.39, 0.29) is 0 Å². The molecule has 0 aliphatic heterocycles. The summed E-state index contributed by atoms with van der Waals surface area (Å²) in [6.07, 6.45) is 3.12. The Morgan fingerprint density at radius 3 is 2.90 bits per heavy atom. The van der Waals surface area contributed by atoms with E-state index < -0.39 is 0 Å². The Morgan fingerprint density at radius 1 is 1.70 bits per heavy atom. The largest absolute Gasteiger partial charge is 0.383 e. The molecule has 0 radical (unpaired) electrons. The van der Waals surface area contributed by atoms with Crippen molar-refractivity contribution in [3.8, 4) is 0 Å². The van der Waals surface area contributed by atoms with E-state index in [0.717, 1.165) is 5.56 Å². The van der Waals surface area contributed by atoms with E-state index in [4.69, 9.17) is 17.3 Å². The van der Waals surface area contributed by atoms with Gasteiger partial charge in [-0.15, -0.1) is 0 Å². The molecule has 0 fully saturated rings. The van der Waals surface area contributed by atoms with Crippen LogP contribution in [-0.2, 0) is 0 Å². The predicted molar refractivity (Wildman–Crippen MR) is 43.8 cm³/mol. The summed E-state index contributed by atoms with van der Waals surface area (Å²) < 4.78 is 0. The second kappa shape index (κ2) is 2.71. The molecule has 1 aromatic rings. The third kappa shape index (κ3) is 1.28. The lowest BCUT2D eigenvalue weighted by molar-refractivity contribution is 1.33. The summed E-state index contributed by atoms with van der Waals surface area (Å²) in [7, 11) is 0. The van der Waals surface area contributed by atoms with E-state index in [1.807, 2.05) is 0 Å². The van der Waals surface area contributed by atoms with Gasteiger partial charge in [0.2, 0.25) is 0 Å². The van der Waals surface area contributed by atoms with Crippen LogP contribution in [0.3, 0.4) is 0 Å². The SMILES string of the molecule is C=Cc1cc(Cl)cnc1N. The van der Waals surface area contributed by atoms with E-state index in [9.17, 15) is 0 Å². The summed E-state index contributed by atoms with van der Waals surface area (Å²) in [6, 6.07) is 1.72. The molecular weight excluding hydrogens is 148 g/mol. The standard InChI is InChI=1S/C7H7ClN2/c1-2-5-3-6(8)4-10-7(5)9/h2-4H,1H2,(H2,9,10). The zero-order valence-corrected chi connectivity index (χ0v) is 6.10. The molecule has 0 aliphatic carbocycles. The molecule has 0 atom stereocenters. The van der Waals surface area contributed by atoms with Crippen LogP contribution in [0.4, 0.5) is 5.82 Å². The molecule has 1 aromatic heterocycles. The predicted octanol–water partition coefficient (Wildman–Crippen LogP) is 1.96. The maximum atomic E-state index is 5.63. The average molecular weight is 155 g/mol. The smallest absolute Gasteiger partial charge is 0.130 e. The van der Waals surface area contributed by atoms with Crippen molar-refractivity contribution < 1.29 is 0 Å². The Hall–Kier alpha value is -1.02. The normalized spacial score (nSPS) is 9.30. The molecule has 0 bridgehead atoms. The Kier molecular flexibility index (Phi) is 1.92. The third-order valence-corrected chi connectivity index (χ3v) is 1.34. The first-order valence-corrected chi connectivity index (χ1v) is 3.15. The lowest BCUT2D eigenvalue weighted by Crippen LogP contribution is -1.92. The highest BCUT2D eigenvalue weighted by molar-refractivity contribution is 6.30. The lowest BCUT2D eigenvalue weighted by atomic mass is 10.2. The molecule has 1 heterocycles. The van der Waals surface area contributed by atoms with Crippen molar-refractivity contribution in [2.75, 3.05) is 5.73 Å². The maximum absolute atomic E-state index is 5.63. The van der Waals surface area contributed by atoms with Crippen LogP contribution in [0.25, 0.3) is 6.08 Å². The number of rotatable bonds is 1. The number of hydrogen-bond donors (Lipinski definition) is 1. The molecule has 0 unspecified atom stereocenters. The molecule has 0 amide bonds. The summed E-state index contributed by atoms with van der Waals surface area (Å²) in [4.78, 5) is 3.82. The zero-order valence-electron chi connectivity index (χ0n) is 5.34. The highest BCUT2D eigenvalue weighted by Gasteiger charge is 1.95. The van der Waals surface area contributed by atoms with Crippen LogP contribution in [0.1, 0.15) is 5.56 Å². The van der Waals surface area contributed by atoms with E-state index in [1.54, 1.807) is 12.1 Å². The summed E-state index contributed by atoms with van der Waals surface area (Å²) in [6.45, 7) is 3.55. The molecule has 52 valence electrons. The first-order valence-electron chi connectivity index (χ1n) is 2.77. The van der Waals surface area contributed by atoms with Crippen molar-refractivity contribution in [3.63, 3.8) is 0 Å². The molecule has 0 aromatic carbocycles. The number of pyridine rings is 1. The number of anilines is 1. The van der Waals surface area contributed by atoms with Gasteiger partial charge in [-0.3, -0.25) is 0 Å². The second-order valence-corrected chi connectivity index (χ2v) is 2.27. The van der Waals surface area contributed by atoms with Gasteiger partial charge in [0.15, 0.2) is 0 Å². The van der Waals surface area contributed by atoms with E-state index in [0.29, 0.717) is 10.8 Å². The number of nitrogens with zero attached hydrogens (tertiary/aromatic N) is 1. The molecule has 0 spiro atoms. The van der Waals surface area contributed by atoms with Gasteiger partial charge in [0.1, 0.15) is 5.82 Å². The van der Waals surface area contributed by atoms with Gasteiger partial charge in [-0.25, -0.2) is 4.98 Å². The monoisotopic (exact) mass is 154 g/mol. The molecule has 3 heteroatoms. The van der Waals surface area contributed by atoms with Gasteiger partial charge >= 0.3 is 0 Å². The summed E-state index contributed by atoms with van der Waals surface area (Å²) in [5.74, 6) is 0.458. The van der Waals surface area contributed by atoms with Gasteiger partial charge in [-0.05, 0) is 6.07 Å². The van der Waals surface area contributed by atoms with Gasteiger partial charge < -0.3 is 5.73 Å². The molecule has 2 N–H and O–H groups in total. The number of aromatic nitrogens is 1. The minimum absolute atomic E-state index is 0.458. The van der Waals surface area contributed by atoms with Crippen LogP contribution in [0.2, 0.25) is 5.02 Å². The van der Waals surface area contributed by atoms with E-state index in [1.165, 1.54) is 6.20 Å². The first-order chi connectivity index (χ1) is 4.74. The van der Waals surface area contributed by atoms with E-state index >= 15 is 0 Å². The zero-order chi connectivity index (χ0) is 7.56. The summed E-state index contributed by atoms with van der Waals surface area (Å²) in [5, 5.41) is 0.573. The van der Waals surface area contributed by atoms with Crippen molar-refractivity contribution >= 4 is 23.5 Å². The quantitative estimate of drug-likeness (QED) is 0.672. The molecule has 0 saturated carbocycles. The number of nitrogens with two attached hydrogens (primary N) is 1. The van der Waals surface area contributed by atoms with Crippen molar-refractivity contribution in [1.29, 1.82) is 0 Å². The minimum Gasteiger partial charge on any atom is -0.383 e. The molecular formula is C7H7ClN2. The fourth-order valence-electron chi connectivity index (χ4n) is 0.629. The van der Waals surface area contributed by atoms with Crippen molar-refractivity contribution in [3.05, 3.63) is 29.4 Å². The Bertz CT molecular complexity index is 258. The van der Waals surface area contributed by atoms with Gasteiger partial charge in [0.05, 0.1) is 5.02 Å². The van der Waals surface area contributed by atoms with Crippen molar-refractivity contribution in [1.82, 2.24) is 4.98 Å². The van der Waals surface area contributed by atoms with Gasteiger partial charge in [0.25, 0.3) is 0 Å². The number of hydrogen-bond acceptors (Lipinski definition) is 2. The molecule has 2 nitrogen and oxygen atoms in total. The van der Waals surface area contributed by atoms with Crippen LogP contribution in [-0.4, -0.2) is 4.98 Å². The van der Waals surface area contributed by atoms with Crippen LogP contribution >= 0.6 is 11.6 Å². The fraction of sp³-hybridized carbons (Fsp3) is 0. The van der Waals surface area contributed by atoms with Crippen LogP contribution < -0.4 is 5.73 Å². The molecule has 0 aliphatic rings. The highest BCUT2D eigenvalue weighted by atomic mass is 35.5. The molecule has 10 heavy (non-hydrogen) atoms. The Labute approximate surface area is 64.3 Å². The summed E-state index contributed by atoms with van der Waals surface area (Å²) >= 11 is 5.63. The Morgan fingerprint density at radius 2 is 2.40 bits per heavy atom. The van der Waals surface area contributed by atoms with Crippen LogP contribution in [0.5, 0.6) is 0 Å². The fourth-order valence-corrected chi connectivity index (χ4v) is 0.795. The first kappa shape index (κ1) is 7.09. The highest BCUT2D eigenvalue weighted by Crippen LogP contribution is 2.14. The third-order valence-electron chi connectivity index (χ3n) is 1.14. The molecule has 0 saturated heterocycles. The van der Waals surface area contributed by atoms with Gasteiger partial charge in [-0.2, -0.15) is 0 Å². The maximum Gasteiger partial charge on any atom is 0.130 e. The van der Waals surface area contributed by atoms with Gasteiger partial charge in [0, 0.05) is 11.8 Å². The lowest BCUT2D eigenvalue weighted by Gasteiger charge is -1.97. The second-order valence-electron chi connectivity index (χ2n) is 1.83. The Balaban J connectivity index is 3.21. The summed E-state index contributed by atoms with van der Waals surface area (Å²) in [5.41, 5.74) is 6.23. The number of nitrogen functional groups attached to an aromatic ring is 1. The van der Waals surface area contributed by atoms with Crippen LogP contribution in [0, 0.1) is 0 Å². The topological polar surface area (TPSA) is 38.9 Å². The van der Waals surface area contributed by atoms with Crippen molar-refractivity contribution in [2.45, 2.75) is 0 Å². The minimum atomic E-state index is 0.458. The van der Waals surface area contributed by atoms with Gasteiger partial charge in [-0.1, -0.05) is 24.3 Å². The van der Waals surface area contributed by atoms with Crippen LogP contribution in [0.15, 0.2) is 18.8 Å². The number of halogens is 1. The van der Waals surface area contributed by atoms with E-state index in [2.05, 4.69) is 11.6 Å². The average Bonchev–Trinajstić information content (AvgIpc) is 1.94.